The molecule has 19 heavy (non-hydrogen) atoms. The van der Waals surface area contributed by atoms with Crippen molar-refractivity contribution in [1.82, 2.24) is 0 Å². The van der Waals surface area contributed by atoms with Crippen LogP contribution in [0.2, 0.25) is 0 Å². The highest BCUT2D eigenvalue weighted by Crippen LogP contribution is 2.28. The number of hydrogen-bond donors (Lipinski definition) is 3. The van der Waals surface area contributed by atoms with Crippen molar-refractivity contribution in [1.29, 1.82) is 0 Å². The van der Waals surface area contributed by atoms with Gasteiger partial charge in [0.05, 0.1) is 5.69 Å². The van der Waals surface area contributed by atoms with Gasteiger partial charge in [-0.2, -0.15) is 0 Å². The standard InChI is InChI=1S/C13H9Br2NO3/c14-8-2-3-10(9(15)6-8)16-13(19)7-1-4-11(17)12(18)5-7/h1-6,17-18H,(H,16,19). The van der Waals surface area contributed by atoms with Gasteiger partial charge < -0.3 is 15.5 Å². The van der Waals surface area contributed by atoms with Crippen LogP contribution in [0.15, 0.2) is 45.3 Å². The van der Waals surface area contributed by atoms with Crippen LogP contribution in [0.1, 0.15) is 10.4 Å². The largest absolute Gasteiger partial charge is 0.504 e. The quantitative estimate of drug-likeness (QED) is 0.686. The molecule has 1 amide bonds. The van der Waals surface area contributed by atoms with Gasteiger partial charge in [-0.15, -0.1) is 0 Å². The topological polar surface area (TPSA) is 69.6 Å². The summed E-state index contributed by atoms with van der Waals surface area (Å²) in [5, 5.41) is 21.3. The molecule has 0 fully saturated rings. The number of amides is 1. The van der Waals surface area contributed by atoms with Gasteiger partial charge in [0.1, 0.15) is 0 Å². The van der Waals surface area contributed by atoms with Gasteiger partial charge in [-0.1, -0.05) is 15.9 Å². The second-order valence-corrected chi connectivity index (χ2v) is 5.55. The molecule has 0 aliphatic carbocycles. The highest BCUT2D eigenvalue weighted by molar-refractivity contribution is 9.11. The number of carbonyl (C=O) groups is 1. The van der Waals surface area contributed by atoms with Crippen LogP contribution in [0.3, 0.4) is 0 Å². The third kappa shape index (κ3) is 3.27. The van der Waals surface area contributed by atoms with Crippen LogP contribution < -0.4 is 5.32 Å². The molecule has 0 heterocycles. The zero-order valence-corrected chi connectivity index (χ0v) is 12.7. The SMILES string of the molecule is O=C(Nc1ccc(Br)cc1Br)c1ccc(O)c(O)c1. The lowest BCUT2D eigenvalue weighted by molar-refractivity contribution is 0.102. The number of phenols is 2. The minimum absolute atomic E-state index is 0.255. The average molecular weight is 387 g/mol. The van der Waals surface area contributed by atoms with Crippen molar-refractivity contribution in [2.24, 2.45) is 0 Å². The van der Waals surface area contributed by atoms with Crippen molar-refractivity contribution in [3.8, 4) is 11.5 Å². The first-order valence-corrected chi connectivity index (χ1v) is 6.84. The van der Waals surface area contributed by atoms with E-state index in [0.29, 0.717) is 5.69 Å². The van der Waals surface area contributed by atoms with Gasteiger partial charge in [0.25, 0.3) is 5.91 Å². The number of halogens is 2. The molecule has 4 nitrogen and oxygen atoms in total. The zero-order chi connectivity index (χ0) is 14.0. The minimum Gasteiger partial charge on any atom is -0.504 e. The lowest BCUT2D eigenvalue weighted by atomic mass is 10.2. The summed E-state index contributed by atoms with van der Waals surface area (Å²) >= 11 is 6.66. The molecule has 3 N–H and O–H groups in total. The van der Waals surface area contributed by atoms with E-state index in [1.165, 1.54) is 18.2 Å². The van der Waals surface area contributed by atoms with Gasteiger partial charge in [0, 0.05) is 14.5 Å². The van der Waals surface area contributed by atoms with Crippen molar-refractivity contribution in [3.05, 3.63) is 50.9 Å². The Morgan fingerprint density at radius 1 is 1.00 bits per heavy atom. The summed E-state index contributed by atoms with van der Waals surface area (Å²) in [5.74, 6) is -0.970. The summed E-state index contributed by atoms with van der Waals surface area (Å²) in [7, 11) is 0. The van der Waals surface area contributed by atoms with Crippen molar-refractivity contribution in [3.63, 3.8) is 0 Å². The Morgan fingerprint density at radius 2 is 1.74 bits per heavy atom. The molecule has 0 aromatic heterocycles. The maximum atomic E-state index is 12.0. The Bertz CT molecular complexity index is 644. The van der Waals surface area contributed by atoms with E-state index in [1.54, 1.807) is 12.1 Å². The maximum absolute atomic E-state index is 12.0. The molecule has 0 aliphatic heterocycles. The van der Waals surface area contributed by atoms with Gasteiger partial charge in [-0.05, 0) is 52.3 Å². The van der Waals surface area contributed by atoms with Crippen LogP contribution in [-0.2, 0) is 0 Å². The van der Waals surface area contributed by atoms with Crippen LogP contribution in [0.25, 0.3) is 0 Å². The van der Waals surface area contributed by atoms with Gasteiger partial charge in [-0.3, -0.25) is 4.79 Å². The number of rotatable bonds is 2. The number of hydrogen-bond acceptors (Lipinski definition) is 3. The third-order valence-corrected chi connectivity index (χ3v) is 3.57. The van der Waals surface area contributed by atoms with E-state index >= 15 is 0 Å². The molecular formula is C13H9Br2NO3. The summed E-state index contributed by atoms with van der Waals surface area (Å²) in [6.07, 6.45) is 0. The first kappa shape index (κ1) is 13.9. The Labute approximate surface area is 126 Å². The number of phenolic OH excluding ortho intramolecular Hbond substituents is 2. The predicted molar refractivity (Wildman–Crippen MR) is 79.6 cm³/mol. The van der Waals surface area contributed by atoms with Crippen LogP contribution in [0.5, 0.6) is 11.5 Å². The molecule has 2 aromatic carbocycles. The summed E-state index contributed by atoms with van der Waals surface area (Å²) in [5.41, 5.74) is 0.867. The second-order valence-electron chi connectivity index (χ2n) is 3.78. The maximum Gasteiger partial charge on any atom is 0.255 e. The lowest BCUT2D eigenvalue weighted by Gasteiger charge is -2.08. The molecule has 98 valence electrons. The predicted octanol–water partition coefficient (Wildman–Crippen LogP) is 3.88. The first-order valence-electron chi connectivity index (χ1n) is 5.26. The molecule has 0 saturated carbocycles. The summed E-state index contributed by atoms with van der Waals surface area (Å²) in [4.78, 5) is 12.0. The van der Waals surface area contributed by atoms with Crippen molar-refractivity contribution in [2.75, 3.05) is 5.32 Å². The van der Waals surface area contributed by atoms with Crippen LogP contribution in [0, 0.1) is 0 Å². The number of benzene rings is 2. The number of nitrogens with one attached hydrogen (secondary N) is 1. The second kappa shape index (κ2) is 5.63. The fourth-order valence-corrected chi connectivity index (χ4v) is 2.60. The Morgan fingerprint density at radius 3 is 2.37 bits per heavy atom. The van der Waals surface area contributed by atoms with Gasteiger partial charge in [-0.25, -0.2) is 0 Å². The van der Waals surface area contributed by atoms with Crippen LogP contribution in [0.4, 0.5) is 5.69 Å². The lowest BCUT2D eigenvalue weighted by Crippen LogP contribution is -2.12. The zero-order valence-electron chi connectivity index (χ0n) is 9.52. The van der Waals surface area contributed by atoms with Crippen molar-refractivity contribution < 1.29 is 15.0 Å². The molecule has 2 rings (SSSR count). The molecule has 0 radical (unpaired) electrons. The molecule has 0 saturated heterocycles. The van der Waals surface area contributed by atoms with Crippen LogP contribution >= 0.6 is 31.9 Å². The normalized spacial score (nSPS) is 10.2. The molecule has 0 aliphatic rings. The highest BCUT2D eigenvalue weighted by atomic mass is 79.9. The average Bonchev–Trinajstić information content (AvgIpc) is 2.36. The first-order chi connectivity index (χ1) is 8.97. The Kier molecular flexibility index (Phi) is 4.11. The van der Waals surface area contributed by atoms with Gasteiger partial charge in [0.15, 0.2) is 11.5 Å². The molecule has 0 bridgehead atoms. The van der Waals surface area contributed by atoms with E-state index < -0.39 is 0 Å². The number of anilines is 1. The molecule has 0 spiro atoms. The Hall–Kier alpha value is -1.53. The van der Waals surface area contributed by atoms with E-state index in [4.69, 9.17) is 0 Å². The van der Waals surface area contributed by atoms with E-state index in [-0.39, 0.29) is 23.0 Å². The molecule has 0 unspecified atom stereocenters. The van der Waals surface area contributed by atoms with Gasteiger partial charge >= 0.3 is 0 Å². The van der Waals surface area contributed by atoms with Crippen molar-refractivity contribution in [2.45, 2.75) is 0 Å². The summed E-state index contributed by atoms with van der Waals surface area (Å²) < 4.78 is 1.62. The highest BCUT2D eigenvalue weighted by Gasteiger charge is 2.10. The van der Waals surface area contributed by atoms with Gasteiger partial charge in [0.2, 0.25) is 0 Å². The summed E-state index contributed by atoms with van der Waals surface area (Å²) in [6, 6.07) is 9.25. The number of carbonyl (C=O) groups excluding carboxylic acids is 1. The fourth-order valence-electron chi connectivity index (χ4n) is 1.45. The minimum atomic E-state index is -0.377. The van der Waals surface area contributed by atoms with E-state index in [9.17, 15) is 15.0 Å². The van der Waals surface area contributed by atoms with E-state index in [2.05, 4.69) is 37.2 Å². The fraction of sp³-hybridized carbons (Fsp3) is 0. The Balaban J connectivity index is 2.23. The van der Waals surface area contributed by atoms with Crippen LogP contribution in [-0.4, -0.2) is 16.1 Å². The van der Waals surface area contributed by atoms with E-state index in [0.717, 1.165) is 8.95 Å². The molecule has 0 atom stereocenters. The number of aromatic hydroxyl groups is 2. The summed E-state index contributed by atoms with van der Waals surface area (Å²) in [6.45, 7) is 0. The molecule has 2 aromatic rings. The van der Waals surface area contributed by atoms with E-state index in [1.807, 2.05) is 6.07 Å². The molecule has 6 heteroatoms. The molecular weight excluding hydrogens is 378 g/mol. The van der Waals surface area contributed by atoms with Crippen molar-refractivity contribution >= 4 is 43.5 Å². The monoisotopic (exact) mass is 385 g/mol. The third-order valence-electron chi connectivity index (χ3n) is 2.42. The smallest absolute Gasteiger partial charge is 0.255 e.